The summed E-state index contributed by atoms with van der Waals surface area (Å²) in [7, 11) is 0. The summed E-state index contributed by atoms with van der Waals surface area (Å²) in [4.78, 5) is 28.8. The van der Waals surface area contributed by atoms with Crippen LogP contribution < -0.4 is 11.1 Å². The van der Waals surface area contributed by atoms with Gasteiger partial charge in [0.05, 0.1) is 11.0 Å². The second kappa shape index (κ2) is 7.36. The smallest absolute Gasteiger partial charge is 0.252 e. The largest absolute Gasteiger partial charge is 0.368 e. The highest BCUT2D eigenvalue weighted by molar-refractivity contribution is 5.97. The number of nitrogens with one attached hydrogen (secondary N) is 1. The van der Waals surface area contributed by atoms with Crippen molar-refractivity contribution in [1.29, 1.82) is 0 Å². The Bertz CT molecular complexity index is 1130. The molecule has 3 aromatic carbocycles. The van der Waals surface area contributed by atoms with E-state index in [0.29, 0.717) is 11.1 Å². The summed E-state index contributed by atoms with van der Waals surface area (Å²) in [5.74, 6) is -0.976. The summed E-state index contributed by atoms with van der Waals surface area (Å²) in [5, 5.41) is 2.70. The van der Waals surface area contributed by atoms with Gasteiger partial charge >= 0.3 is 0 Å². The molecule has 0 fully saturated rings. The van der Waals surface area contributed by atoms with Gasteiger partial charge in [0, 0.05) is 11.3 Å². The van der Waals surface area contributed by atoms with E-state index < -0.39 is 11.9 Å². The lowest BCUT2D eigenvalue weighted by Gasteiger charge is -2.16. The van der Waals surface area contributed by atoms with Crippen LogP contribution in [0.5, 0.6) is 0 Å². The maximum atomic E-state index is 12.6. The van der Waals surface area contributed by atoms with E-state index in [-0.39, 0.29) is 5.91 Å². The molecule has 0 saturated heterocycles. The van der Waals surface area contributed by atoms with Crippen molar-refractivity contribution >= 4 is 22.8 Å². The van der Waals surface area contributed by atoms with Crippen molar-refractivity contribution in [2.75, 3.05) is 0 Å². The summed E-state index contributed by atoms with van der Waals surface area (Å²) in [5.41, 5.74) is 9.33. The Morgan fingerprint density at radius 1 is 0.893 bits per heavy atom. The number of aromatic nitrogens is 2. The van der Waals surface area contributed by atoms with Gasteiger partial charge in [0.2, 0.25) is 5.91 Å². The molecule has 0 aliphatic heterocycles. The number of para-hydroxylation sites is 2. The normalized spacial score (nSPS) is 11.9. The van der Waals surface area contributed by atoms with Crippen LogP contribution in [0.4, 0.5) is 0 Å². The van der Waals surface area contributed by atoms with Crippen molar-refractivity contribution in [2.45, 2.75) is 6.04 Å². The zero-order valence-electron chi connectivity index (χ0n) is 14.9. The third-order valence-corrected chi connectivity index (χ3v) is 4.55. The fourth-order valence-corrected chi connectivity index (χ4v) is 3.12. The summed E-state index contributed by atoms with van der Waals surface area (Å²) in [6.45, 7) is 0. The van der Waals surface area contributed by atoms with E-state index in [0.717, 1.165) is 16.7 Å². The number of fused-ring (bicyclic) bond motifs is 1. The number of hydrogen-bond acceptors (Lipinski definition) is 3. The number of carbonyl (C=O) groups is 2. The molecule has 1 aromatic heterocycles. The summed E-state index contributed by atoms with van der Waals surface area (Å²) in [6.07, 6.45) is 1.75. The van der Waals surface area contributed by atoms with Crippen LogP contribution in [0.25, 0.3) is 16.7 Å². The topological polar surface area (TPSA) is 90.0 Å². The van der Waals surface area contributed by atoms with E-state index in [1.165, 1.54) is 0 Å². The Hall–Kier alpha value is -3.93. The lowest BCUT2D eigenvalue weighted by Crippen LogP contribution is -2.37. The fraction of sp³-hybridized carbons (Fsp3) is 0.0455. The molecule has 4 aromatic rings. The molecule has 1 unspecified atom stereocenters. The van der Waals surface area contributed by atoms with Crippen molar-refractivity contribution in [1.82, 2.24) is 14.9 Å². The predicted molar refractivity (Wildman–Crippen MR) is 107 cm³/mol. The first-order valence-corrected chi connectivity index (χ1v) is 8.81. The first kappa shape index (κ1) is 17.5. The number of imidazole rings is 1. The molecule has 1 atom stereocenters. The molecule has 28 heavy (non-hydrogen) atoms. The highest BCUT2D eigenvalue weighted by atomic mass is 16.2. The number of carbonyl (C=O) groups excluding carboxylic acids is 2. The van der Waals surface area contributed by atoms with Gasteiger partial charge in [-0.25, -0.2) is 4.98 Å². The van der Waals surface area contributed by atoms with Crippen molar-refractivity contribution in [3.8, 4) is 5.69 Å². The van der Waals surface area contributed by atoms with Gasteiger partial charge in [-0.2, -0.15) is 0 Å². The highest BCUT2D eigenvalue weighted by Crippen LogP contribution is 2.19. The van der Waals surface area contributed by atoms with Crippen molar-refractivity contribution in [3.05, 3.63) is 96.3 Å². The number of primary amides is 1. The molecule has 4 rings (SSSR count). The van der Waals surface area contributed by atoms with Crippen molar-refractivity contribution < 1.29 is 9.59 Å². The number of rotatable bonds is 5. The highest BCUT2D eigenvalue weighted by Gasteiger charge is 2.20. The Labute approximate surface area is 161 Å². The Balaban J connectivity index is 1.56. The lowest BCUT2D eigenvalue weighted by atomic mass is 10.1. The maximum Gasteiger partial charge on any atom is 0.252 e. The van der Waals surface area contributed by atoms with E-state index in [9.17, 15) is 9.59 Å². The zero-order chi connectivity index (χ0) is 19.5. The quantitative estimate of drug-likeness (QED) is 0.566. The third kappa shape index (κ3) is 3.35. The van der Waals surface area contributed by atoms with Crippen LogP contribution in [-0.2, 0) is 4.79 Å². The fourth-order valence-electron chi connectivity index (χ4n) is 3.12. The molecule has 2 amide bonds. The van der Waals surface area contributed by atoms with E-state index in [1.807, 2.05) is 47.0 Å². The van der Waals surface area contributed by atoms with Crippen molar-refractivity contribution in [3.63, 3.8) is 0 Å². The monoisotopic (exact) mass is 370 g/mol. The maximum absolute atomic E-state index is 12.6. The minimum atomic E-state index is -0.883. The molecule has 138 valence electrons. The van der Waals surface area contributed by atoms with Gasteiger partial charge in [0.25, 0.3) is 5.91 Å². The minimum Gasteiger partial charge on any atom is -0.368 e. The third-order valence-electron chi connectivity index (χ3n) is 4.55. The molecule has 0 bridgehead atoms. The van der Waals surface area contributed by atoms with Crippen LogP contribution in [0.2, 0.25) is 0 Å². The molecule has 0 aliphatic rings. The molecule has 3 N–H and O–H groups in total. The molecule has 0 aliphatic carbocycles. The molecule has 0 saturated carbocycles. The van der Waals surface area contributed by atoms with E-state index in [2.05, 4.69) is 10.3 Å². The summed E-state index contributed by atoms with van der Waals surface area (Å²) in [6, 6.07) is 23.0. The van der Waals surface area contributed by atoms with E-state index in [4.69, 9.17) is 5.73 Å². The average Bonchev–Trinajstić information content (AvgIpc) is 3.16. The average molecular weight is 370 g/mol. The predicted octanol–water partition coefficient (Wildman–Crippen LogP) is 2.98. The van der Waals surface area contributed by atoms with Crippen LogP contribution in [0, 0.1) is 0 Å². The van der Waals surface area contributed by atoms with Crippen LogP contribution in [0.15, 0.2) is 85.2 Å². The second-order valence-electron chi connectivity index (χ2n) is 6.37. The molecule has 1 heterocycles. The number of amides is 2. The van der Waals surface area contributed by atoms with Crippen LogP contribution in [0.1, 0.15) is 22.0 Å². The molecule has 6 nitrogen and oxygen atoms in total. The minimum absolute atomic E-state index is 0.366. The SMILES string of the molecule is NC(=O)C(NC(=O)c1ccc(-n2cnc3ccccc32)cc1)c1ccccc1. The number of nitrogens with two attached hydrogens (primary N) is 1. The number of nitrogens with zero attached hydrogens (tertiary/aromatic N) is 2. The van der Waals surface area contributed by atoms with E-state index >= 15 is 0 Å². The van der Waals surface area contributed by atoms with E-state index in [1.54, 1.807) is 42.7 Å². The van der Waals surface area contributed by atoms with Crippen LogP contribution >= 0.6 is 0 Å². The Morgan fingerprint density at radius 3 is 2.29 bits per heavy atom. The first-order valence-electron chi connectivity index (χ1n) is 8.81. The molecule has 6 heteroatoms. The summed E-state index contributed by atoms with van der Waals surface area (Å²) < 4.78 is 1.95. The standard InChI is InChI=1S/C22H18N4O2/c23-21(27)20(15-6-2-1-3-7-15)25-22(28)16-10-12-17(13-11-16)26-14-24-18-8-4-5-9-19(18)26/h1-14,20H,(H2,23,27)(H,25,28). The van der Waals surface area contributed by atoms with Gasteiger partial charge in [-0.15, -0.1) is 0 Å². The van der Waals surface area contributed by atoms with Gasteiger partial charge in [-0.3, -0.25) is 14.2 Å². The molecular formula is C22H18N4O2. The van der Waals surface area contributed by atoms with Crippen LogP contribution in [-0.4, -0.2) is 21.4 Å². The zero-order valence-corrected chi connectivity index (χ0v) is 14.9. The lowest BCUT2D eigenvalue weighted by molar-refractivity contribution is -0.120. The van der Waals surface area contributed by atoms with Gasteiger partial charge in [0.15, 0.2) is 0 Å². The molecule has 0 spiro atoms. The van der Waals surface area contributed by atoms with Crippen molar-refractivity contribution in [2.24, 2.45) is 5.73 Å². The Kier molecular flexibility index (Phi) is 4.60. The number of benzene rings is 3. The van der Waals surface area contributed by atoms with Crippen LogP contribution in [0.3, 0.4) is 0 Å². The molecule has 0 radical (unpaired) electrons. The van der Waals surface area contributed by atoms with Gasteiger partial charge in [-0.1, -0.05) is 42.5 Å². The van der Waals surface area contributed by atoms with Gasteiger partial charge in [-0.05, 0) is 42.0 Å². The Morgan fingerprint density at radius 2 is 1.57 bits per heavy atom. The first-order chi connectivity index (χ1) is 13.6. The van der Waals surface area contributed by atoms with Gasteiger partial charge in [0.1, 0.15) is 12.4 Å². The number of hydrogen-bond donors (Lipinski definition) is 2. The van der Waals surface area contributed by atoms with Gasteiger partial charge < -0.3 is 11.1 Å². The summed E-state index contributed by atoms with van der Waals surface area (Å²) >= 11 is 0. The molecular weight excluding hydrogens is 352 g/mol. The second-order valence-corrected chi connectivity index (χ2v) is 6.37.